The molecule has 8 nitrogen and oxygen atoms in total. The lowest BCUT2D eigenvalue weighted by molar-refractivity contribution is -0.136. The summed E-state index contributed by atoms with van der Waals surface area (Å²) in [5.41, 5.74) is -0.0553. The summed E-state index contributed by atoms with van der Waals surface area (Å²) in [5, 5.41) is 2.37. The molecule has 138 valence electrons. The molecule has 1 fully saturated rings. The number of nitrogens with zero attached hydrogens (tertiary/aromatic N) is 4. The van der Waals surface area contributed by atoms with Crippen LogP contribution in [0.15, 0.2) is 21.6 Å². The minimum absolute atomic E-state index is 0.0553. The van der Waals surface area contributed by atoms with Gasteiger partial charge in [0.15, 0.2) is 12.2 Å². The smallest absolute Gasteiger partial charge is 0.328 e. The predicted molar refractivity (Wildman–Crippen MR) is 91.4 cm³/mol. The van der Waals surface area contributed by atoms with Crippen LogP contribution in [0.1, 0.15) is 0 Å². The number of likely N-dealkylation sites (N-methyl/N-ethyl adjacent to an activating group) is 2. The van der Waals surface area contributed by atoms with Crippen molar-refractivity contribution in [2.24, 2.45) is 4.99 Å². The normalized spacial score (nSPS) is 22.1. The summed E-state index contributed by atoms with van der Waals surface area (Å²) in [7, 11) is 2.86. The van der Waals surface area contributed by atoms with Gasteiger partial charge >= 0.3 is 6.03 Å². The van der Waals surface area contributed by atoms with Gasteiger partial charge in [-0.15, -0.1) is 0 Å². The number of aliphatic imine (C=N–C) groups is 1. The van der Waals surface area contributed by atoms with E-state index in [2.05, 4.69) is 26.2 Å². The summed E-state index contributed by atoms with van der Waals surface area (Å²) in [6.07, 6.45) is 0.597. The third-order valence-corrected chi connectivity index (χ3v) is 4.93. The average molecular weight is 430 g/mol. The fourth-order valence-corrected chi connectivity index (χ4v) is 3.06. The van der Waals surface area contributed by atoms with Gasteiger partial charge < -0.3 is 15.1 Å². The fraction of sp³-hybridized carbons (Fsp3) is 0.333. The van der Waals surface area contributed by atoms with E-state index in [4.69, 9.17) is 0 Å². The Morgan fingerprint density at radius 1 is 1.27 bits per heavy atom. The van der Waals surface area contributed by atoms with Gasteiger partial charge in [-0.25, -0.2) is 18.6 Å². The molecule has 1 N–H and O–H groups in total. The molecule has 0 spiro atoms. The molecule has 0 aromatic heterocycles. The second-order valence-corrected chi connectivity index (χ2v) is 6.68. The highest BCUT2D eigenvalue weighted by atomic mass is 79.9. The number of benzene rings is 1. The van der Waals surface area contributed by atoms with Crippen LogP contribution in [-0.4, -0.2) is 71.7 Å². The minimum atomic E-state index is -0.854. The highest BCUT2D eigenvalue weighted by molar-refractivity contribution is 9.10. The van der Waals surface area contributed by atoms with Gasteiger partial charge in [-0.1, -0.05) is 0 Å². The van der Waals surface area contributed by atoms with Crippen LogP contribution in [0.25, 0.3) is 0 Å². The molecule has 1 aromatic carbocycles. The van der Waals surface area contributed by atoms with Crippen LogP contribution >= 0.6 is 15.9 Å². The molecule has 11 heteroatoms. The van der Waals surface area contributed by atoms with E-state index in [1.54, 1.807) is 0 Å². The third kappa shape index (κ3) is 3.02. The van der Waals surface area contributed by atoms with Gasteiger partial charge in [0.2, 0.25) is 5.91 Å². The lowest BCUT2D eigenvalue weighted by atomic mass is 10.1. The van der Waals surface area contributed by atoms with E-state index >= 15 is 0 Å². The Hall–Kier alpha value is -2.56. The van der Waals surface area contributed by atoms with Crippen molar-refractivity contribution in [1.29, 1.82) is 0 Å². The largest absolute Gasteiger partial charge is 0.338 e. The van der Waals surface area contributed by atoms with Crippen molar-refractivity contribution in [2.75, 3.05) is 26.0 Å². The fourth-order valence-electron chi connectivity index (χ4n) is 2.84. The Morgan fingerprint density at radius 3 is 2.50 bits per heavy atom. The van der Waals surface area contributed by atoms with E-state index in [9.17, 15) is 23.2 Å². The maximum atomic E-state index is 13.5. The number of urea groups is 1. The molecule has 0 radical (unpaired) electrons. The van der Waals surface area contributed by atoms with E-state index in [-0.39, 0.29) is 16.7 Å². The van der Waals surface area contributed by atoms with Gasteiger partial charge in [-0.2, -0.15) is 0 Å². The van der Waals surface area contributed by atoms with E-state index in [0.29, 0.717) is 0 Å². The van der Waals surface area contributed by atoms with Crippen LogP contribution in [-0.2, 0) is 9.59 Å². The van der Waals surface area contributed by atoms with Crippen molar-refractivity contribution in [3.63, 3.8) is 0 Å². The zero-order valence-corrected chi connectivity index (χ0v) is 15.3. The number of amides is 4. The van der Waals surface area contributed by atoms with Gasteiger partial charge in [-0.05, 0) is 28.1 Å². The molecule has 2 atom stereocenters. The highest BCUT2D eigenvalue weighted by Crippen LogP contribution is 2.25. The lowest BCUT2D eigenvalue weighted by Gasteiger charge is -2.39. The van der Waals surface area contributed by atoms with Crippen molar-refractivity contribution >= 4 is 45.8 Å². The van der Waals surface area contributed by atoms with Crippen molar-refractivity contribution in [3.05, 3.63) is 28.2 Å². The first-order valence-electron chi connectivity index (χ1n) is 7.48. The summed E-state index contributed by atoms with van der Waals surface area (Å²) in [6.45, 7) is -0.272. The van der Waals surface area contributed by atoms with Gasteiger partial charge in [0.1, 0.15) is 11.6 Å². The quantitative estimate of drug-likeness (QED) is 0.732. The number of hydrogen-bond donors (Lipinski definition) is 1. The number of halogens is 3. The van der Waals surface area contributed by atoms with E-state index in [0.717, 1.165) is 17.0 Å². The van der Waals surface area contributed by atoms with Crippen LogP contribution < -0.4 is 5.32 Å². The summed E-state index contributed by atoms with van der Waals surface area (Å²) >= 11 is 2.75. The molecular formula is C15H14BrF2N5O3. The van der Waals surface area contributed by atoms with Gasteiger partial charge in [0.05, 0.1) is 17.4 Å². The SMILES string of the molecule is CN1C(=O)C2C(N=CN2CC(=O)Nc2cc(F)c(Br)c(F)c2)N(C)C1=O. The van der Waals surface area contributed by atoms with Crippen LogP contribution in [0.4, 0.5) is 19.3 Å². The molecule has 26 heavy (non-hydrogen) atoms. The molecule has 2 unspecified atom stereocenters. The van der Waals surface area contributed by atoms with Gasteiger partial charge in [0.25, 0.3) is 5.91 Å². The van der Waals surface area contributed by atoms with E-state index < -0.39 is 41.7 Å². The topological polar surface area (TPSA) is 85.3 Å². The number of nitrogens with one attached hydrogen (secondary N) is 1. The van der Waals surface area contributed by atoms with Gasteiger partial charge in [-0.3, -0.25) is 14.5 Å². The second-order valence-electron chi connectivity index (χ2n) is 5.89. The number of carbonyl (C=O) groups excluding carboxylic acids is 3. The first-order valence-corrected chi connectivity index (χ1v) is 8.28. The molecule has 2 aliphatic rings. The Morgan fingerprint density at radius 2 is 1.88 bits per heavy atom. The maximum Gasteiger partial charge on any atom is 0.328 e. The molecular weight excluding hydrogens is 416 g/mol. The van der Waals surface area contributed by atoms with Crippen LogP contribution in [0.3, 0.4) is 0 Å². The second kappa shape index (κ2) is 6.63. The summed E-state index contributed by atoms with van der Waals surface area (Å²) < 4.78 is 26.7. The monoisotopic (exact) mass is 429 g/mol. The first-order chi connectivity index (χ1) is 12.2. The summed E-state index contributed by atoms with van der Waals surface area (Å²) in [6, 6.07) is 0.628. The molecule has 0 saturated carbocycles. The minimum Gasteiger partial charge on any atom is -0.338 e. The van der Waals surface area contributed by atoms with Crippen LogP contribution in [0.5, 0.6) is 0 Å². The zero-order chi connectivity index (χ0) is 19.2. The number of hydrogen-bond acceptors (Lipinski definition) is 5. The Labute approximate surface area is 155 Å². The van der Waals surface area contributed by atoms with Crippen molar-refractivity contribution < 1.29 is 23.2 Å². The molecule has 0 aliphatic carbocycles. The van der Waals surface area contributed by atoms with Crippen LogP contribution in [0.2, 0.25) is 0 Å². The maximum absolute atomic E-state index is 13.5. The first kappa shape index (κ1) is 18.2. The Kier molecular flexibility index (Phi) is 4.65. The lowest BCUT2D eigenvalue weighted by Crippen LogP contribution is -2.64. The Balaban J connectivity index is 1.71. The summed E-state index contributed by atoms with van der Waals surface area (Å²) in [5.74, 6) is -2.78. The number of fused-ring (bicyclic) bond motifs is 1. The number of imide groups is 1. The molecule has 0 bridgehead atoms. The molecule has 2 heterocycles. The molecule has 1 aromatic rings. The molecule has 1 saturated heterocycles. The average Bonchev–Trinajstić information content (AvgIpc) is 2.99. The van der Waals surface area contributed by atoms with Crippen LogP contribution in [0, 0.1) is 11.6 Å². The molecule has 4 amide bonds. The van der Waals surface area contributed by atoms with Crippen molar-refractivity contribution in [3.8, 4) is 0 Å². The van der Waals surface area contributed by atoms with Crippen molar-refractivity contribution in [2.45, 2.75) is 12.2 Å². The standard InChI is InChI=1S/C15H14BrF2N5O3/c1-21-13-12(14(25)22(2)15(21)26)23(6-19-13)5-10(24)20-7-3-8(17)11(16)9(18)4-7/h3-4,6,12-13H,5H2,1-2H3,(H,20,24). The number of rotatable bonds is 3. The Bertz CT molecular complexity index is 810. The van der Waals surface area contributed by atoms with Gasteiger partial charge in [0, 0.05) is 19.8 Å². The third-order valence-electron chi connectivity index (χ3n) is 4.17. The zero-order valence-electron chi connectivity index (χ0n) is 13.7. The highest BCUT2D eigenvalue weighted by Gasteiger charge is 2.48. The number of anilines is 1. The predicted octanol–water partition coefficient (Wildman–Crippen LogP) is 1.23. The van der Waals surface area contributed by atoms with E-state index in [1.807, 2.05) is 0 Å². The molecule has 3 rings (SSSR count). The van der Waals surface area contributed by atoms with Crippen molar-refractivity contribution in [1.82, 2.24) is 14.7 Å². The summed E-state index contributed by atoms with van der Waals surface area (Å²) in [4.78, 5) is 44.2. The number of carbonyl (C=O) groups is 3. The molecule has 2 aliphatic heterocycles. The van der Waals surface area contributed by atoms with E-state index in [1.165, 1.54) is 30.2 Å².